The maximum absolute atomic E-state index is 11.7. The molecule has 0 saturated carbocycles. The van der Waals surface area contributed by atoms with E-state index in [0.717, 1.165) is 17.3 Å². The van der Waals surface area contributed by atoms with Crippen molar-refractivity contribution >= 4 is 28.9 Å². The van der Waals surface area contributed by atoms with Crippen LogP contribution in [0.2, 0.25) is 0 Å². The largest absolute Gasteiger partial charge is 0.481 e. The highest BCUT2D eigenvalue weighted by atomic mass is 32.2. The lowest BCUT2D eigenvalue weighted by molar-refractivity contribution is -0.138. The maximum atomic E-state index is 11.7. The van der Waals surface area contributed by atoms with Crippen LogP contribution in [0.25, 0.3) is 0 Å². The number of hydrogen-bond acceptors (Lipinski definition) is 4. The summed E-state index contributed by atoms with van der Waals surface area (Å²) in [6, 6.07) is 6.96. The number of rotatable bonds is 4. The van der Waals surface area contributed by atoms with E-state index in [2.05, 4.69) is 0 Å². The van der Waals surface area contributed by atoms with E-state index in [0.29, 0.717) is 17.7 Å². The van der Waals surface area contributed by atoms with Gasteiger partial charge in [-0.1, -0.05) is 36.0 Å². The molecule has 0 aliphatic carbocycles. The number of amides is 2. The summed E-state index contributed by atoms with van der Waals surface area (Å²) in [6.45, 7) is 1.86. The molecule has 2 amide bonds. The summed E-state index contributed by atoms with van der Waals surface area (Å²) in [7, 11) is 0. The molecule has 1 atom stereocenters. The summed E-state index contributed by atoms with van der Waals surface area (Å²) in [6.07, 6.45) is 0.380. The summed E-state index contributed by atoms with van der Waals surface area (Å²) in [5.74, 6) is -1.06. The minimum Gasteiger partial charge on any atom is -0.481 e. The molecule has 20 heavy (non-hydrogen) atoms. The number of carbonyl (C=O) groups excluding carboxylic acids is 2. The first-order valence-corrected chi connectivity index (χ1v) is 7.26. The average molecular weight is 293 g/mol. The third-order valence-corrected chi connectivity index (χ3v) is 4.13. The summed E-state index contributed by atoms with van der Waals surface area (Å²) < 4.78 is 0. The average Bonchev–Trinajstić information content (AvgIpc) is 2.43. The molecule has 2 rings (SSSR count). The van der Waals surface area contributed by atoms with E-state index in [9.17, 15) is 14.4 Å². The van der Waals surface area contributed by atoms with E-state index in [1.165, 1.54) is 4.90 Å². The topological polar surface area (TPSA) is 74.7 Å². The van der Waals surface area contributed by atoms with Crippen LogP contribution in [0.4, 0.5) is 4.79 Å². The Kier molecular flexibility index (Phi) is 4.44. The number of benzene rings is 1. The summed E-state index contributed by atoms with van der Waals surface area (Å²) >= 11 is 1.15. The molecule has 1 saturated heterocycles. The van der Waals surface area contributed by atoms with Crippen molar-refractivity contribution in [3.63, 3.8) is 0 Å². The Morgan fingerprint density at radius 2 is 2.00 bits per heavy atom. The molecule has 106 valence electrons. The third kappa shape index (κ3) is 3.19. The van der Waals surface area contributed by atoms with Gasteiger partial charge in [-0.3, -0.25) is 19.3 Å². The fourth-order valence-corrected chi connectivity index (χ4v) is 2.70. The molecule has 1 aliphatic rings. The van der Waals surface area contributed by atoms with E-state index >= 15 is 0 Å². The molecular formula is C14H15NO4S. The molecule has 1 aliphatic heterocycles. The van der Waals surface area contributed by atoms with E-state index < -0.39 is 11.9 Å². The van der Waals surface area contributed by atoms with Crippen LogP contribution in [-0.4, -0.2) is 32.9 Å². The van der Waals surface area contributed by atoms with Crippen LogP contribution in [0, 0.1) is 0 Å². The van der Waals surface area contributed by atoms with Crippen molar-refractivity contribution in [3.05, 3.63) is 35.4 Å². The molecule has 6 heteroatoms. The van der Waals surface area contributed by atoms with Crippen LogP contribution in [0.1, 0.15) is 30.4 Å². The minimum atomic E-state index is -0.879. The summed E-state index contributed by atoms with van der Waals surface area (Å²) in [5.41, 5.74) is 1.52. The van der Waals surface area contributed by atoms with Gasteiger partial charge in [-0.25, -0.2) is 0 Å². The number of nitrogens with zero attached hydrogens (tertiary/aromatic N) is 1. The molecule has 1 aromatic rings. The number of carboxylic acid groups (broad SMARTS) is 1. The van der Waals surface area contributed by atoms with Crippen LogP contribution >= 0.6 is 11.8 Å². The zero-order valence-corrected chi connectivity index (χ0v) is 11.9. The predicted octanol–water partition coefficient (Wildman–Crippen LogP) is 2.46. The van der Waals surface area contributed by atoms with Crippen molar-refractivity contribution in [1.82, 2.24) is 4.90 Å². The van der Waals surface area contributed by atoms with Gasteiger partial charge in [0.05, 0.1) is 12.5 Å². The molecule has 1 fully saturated rings. The quantitative estimate of drug-likeness (QED) is 0.923. The maximum Gasteiger partial charge on any atom is 0.310 e. The Hall–Kier alpha value is -1.82. The molecule has 1 N–H and O–H groups in total. The fraction of sp³-hybridized carbons (Fsp3) is 0.357. The Morgan fingerprint density at radius 3 is 2.55 bits per heavy atom. The number of carboxylic acids is 1. The van der Waals surface area contributed by atoms with Gasteiger partial charge in [0.15, 0.2) is 0 Å². The first kappa shape index (κ1) is 14.6. The molecule has 1 aromatic carbocycles. The zero-order chi connectivity index (χ0) is 14.7. The highest BCUT2D eigenvalue weighted by Crippen LogP contribution is 2.22. The van der Waals surface area contributed by atoms with Crippen LogP contribution < -0.4 is 0 Å². The van der Waals surface area contributed by atoms with Gasteiger partial charge in [-0.05, 0) is 18.1 Å². The van der Waals surface area contributed by atoms with Crippen LogP contribution in [-0.2, 0) is 16.1 Å². The second-order valence-corrected chi connectivity index (χ2v) is 5.69. The second-order valence-electron chi connectivity index (χ2n) is 4.65. The lowest BCUT2D eigenvalue weighted by Crippen LogP contribution is -2.37. The van der Waals surface area contributed by atoms with E-state index in [1.54, 1.807) is 31.2 Å². The van der Waals surface area contributed by atoms with Crippen molar-refractivity contribution < 1.29 is 19.5 Å². The van der Waals surface area contributed by atoms with Gasteiger partial charge in [0.1, 0.15) is 0 Å². The molecule has 1 heterocycles. The Balaban J connectivity index is 2.09. The Labute approximate surface area is 121 Å². The molecule has 5 nitrogen and oxygen atoms in total. The van der Waals surface area contributed by atoms with Gasteiger partial charge in [0.25, 0.3) is 5.24 Å². The second kappa shape index (κ2) is 6.09. The van der Waals surface area contributed by atoms with Gasteiger partial charge >= 0.3 is 5.97 Å². The summed E-state index contributed by atoms with van der Waals surface area (Å²) in [4.78, 5) is 35.5. The zero-order valence-electron chi connectivity index (χ0n) is 11.0. The van der Waals surface area contributed by atoms with E-state index in [-0.39, 0.29) is 17.7 Å². The van der Waals surface area contributed by atoms with Gasteiger partial charge in [0, 0.05) is 12.2 Å². The number of aliphatic carboxylic acids is 1. The number of thioether (sulfide) groups is 1. The van der Waals surface area contributed by atoms with Gasteiger partial charge in [-0.2, -0.15) is 0 Å². The van der Waals surface area contributed by atoms with Crippen molar-refractivity contribution in [2.75, 3.05) is 5.75 Å². The standard InChI is InChI=1S/C14H15NO4S/c1-9(13(17)18)11-4-2-10(3-5-11)8-15-12(16)6-7-20-14(15)19/h2-5,9H,6-8H2,1H3,(H,17,18). The summed E-state index contributed by atoms with van der Waals surface area (Å²) in [5, 5.41) is 8.72. The smallest absolute Gasteiger partial charge is 0.310 e. The highest BCUT2D eigenvalue weighted by Gasteiger charge is 2.26. The third-order valence-electron chi connectivity index (χ3n) is 3.25. The van der Waals surface area contributed by atoms with Gasteiger partial charge < -0.3 is 5.11 Å². The Morgan fingerprint density at radius 1 is 1.35 bits per heavy atom. The van der Waals surface area contributed by atoms with Gasteiger partial charge in [0.2, 0.25) is 5.91 Å². The van der Waals surface area contributed by atoms with Crippen molar-refractivity contribution in [2.24, 2.45) is 0 Å². The molecular weight excluding hydrogens is 278 g/mol. The molecule has 0 bridgehead atoms. The van der Waals surface area contributed by atoms with E-state index in [1.807, 2.05) is 0 Å². The van der Waals surface area contributed by atoms with E-state index in [4.69, 9.17) is 5.11 Å². The molecule has 0 aromatic heterocycles. The van der Waals surface area contributed by atoms with Gasteiger partial charge in [-0.15, -0.1) is 0 Å². The van der Waals surface area contributed by atoms with Crippen molar-refractivity contribution in [2.45, 2.75) is 25.8 Å². The van der Waals surface area contributed by atoms with Crippen molar-refractivity contribution in [1.29, 1.82) is 0 Å². The first-order valence-electron chi connectivity index (χ1n) is 6.28. The molecule has 1 unspecified atom stereocenters. The first-order chi connectivity index (χ1) is 9.49. The van der Waals surface area contributed by atoms with Crippen molar-refractivity contribution in [3.8, 4) is 0 Å². The van der Waals surface area contributed by atoms with Crippen LogP contribution in [0.3, 0.4) is 0 Å². The van der Waals surface area contributed by atoms with Crippen LogP contribution in [0.5, 0.6) is 0 Å². The number of carbonyl (C=O) groups is 3. The lowest BCUT2D eigenvalue weighted by atomic mass is 10.00. The fourth-order valence-electron chi connectivity index (χ4n) is 1.93. The molecule has 0 spiro atoms. The molecule has 0 radical (unpaired) electrons. The monoisotopic (exact) mass is 293 g/mol. The Bertz CT molecular complexity index is 525. The highest BCUT2D eigenvalue weighted by molar-refractivity contribution is 8.13. The SMILES string of the molecule is CC(C(=O)O)c1ccc(CN2C(=O)CCSC2=O)cc1. The normalized spacial score (nSPS) is 17.1. The predicted molar refractivity (Wildman–Crippen MR) is 75.5 cm³/mol. The minimum absolute atomic E-state index is 0.156. The number of hydrogen-bond donors (Lipinski definition) is 1. The number of imide groups is 1. The lowest BCUT2D eigenvalue weighted by Gasteiger charge is -2.24. The van der Waals surface area contributed by atoms with Crippen LogP contribution in [0.15, 0.2) is 24.3 Å².